The zero-order chi connectivity index (χ0) is 14.6. The van der Waals surface area contributed by atoms with E-state index in [0.29, 0.717) is 0 Å². The van der Waals surface area contributed by atoms with Crippen molar-refractivity contribution in [3.8, 4) is 0 Å². The van der Waals surface area contributed by atoms with E-state index >= 15 is 0 Å². The third kappa shape index (κ3) is 1.98. The monoisotopic (exact) mass is 290 g/mol. The lowest BCUT2D eigenvalue weighted by Crippen LogP contribution is -2.48. The van der Waals surface area contributed by atoms with Gasteiger partial charge in [0.25, 0.3) is 0 Å². The zero-order valence-corrected chi connectivity index (χ0v) is 13.3. The van der Waals surface area contributed by atoms with E-state index in [1.54, 1.807) is 5.57 Å². The molecule has 0 amide bonds. The summed E-state index contributed by atoms with van der Waals surface area (Å²) >= 11 is 0. The molecule has 7 atom stereocenters. The first-order valence-corrected chi connectivity index (χ1v) is 9.22. The van der Waals surface area contributed by atoms with Crippen LogP contribution in [0.4, 0.5) is 0 Å². The van der Waals surface area contributed by atoms with Gasteiger partial charge in [-0.2, -0.15) is 0 Å². The van der Waals surface area contributed by atoms with Gasteiger partial charge in [0.05, 0.1) is 12.2 Å². The van der Waals surface area contributed by atoms with E-state index in [2.05, 4.69) is 13.0 Å². The second kappa shape index (κ2) is 5.09. The molecule has 0 radical (unpaired) electrons. The number of rotatable bonds is 1. The maximum atomic E-state index is 10.6. The van der Waals surface area contributed by atoms with Crippen molar-refractivity contribution in [1.29, 1.82) is 0 Å². The molecule has 4 aliphatic carbocycles. The molecule has 2 nitrogen and oxygen atoms in total. The van der Waals surface area contributed by atoms with Crippen LogP contribution < -0.4 is 0 Å². The molecule has 0 spiro atoms. The van der Waals surface area contributed by atoms with Gasteiger partial charge in [-0.05, 0) is 86.9 Å². The first-order chi connectivity index (χ1) is 10.2. The van der Waals surface area contributed by atoms with E-state index in [0.717, 1.165) is 42.9 Å². The summed E-state index contributed by atoms with van der Waals surface area (Å²) in [6.45, 7) is 2.30. The van der Waals surface area contributed by atoms with E-state index in [1.807, 2.05) is 0 Å². The molecule has 118 valence electrons. The van der Waals surface area contributed by atoms with Gasteiger partial charge in [-0.1, -0.05) is 18.6 Å². The number of allylic oxidation sites excluding steroid dienone is 1. The van der Waals surface area contributed by atoms with Crippen molar-refractivity contribution in [2.45, 2.75) is 76.9 Å². The van der Waals surface area contributed by atoms with Gasteiger partial charge >= 0.3 is 0 Å². The highest BCUT2D eigenvalue weighted by atomic mass is 16.3. The average Bonchev–Trinajstić information content (AvgIpc) is 2.84. The molecular formula is C19H30O2. The van der Waals surface area contributed by atoms with E-state index in [9.17, 15) is 10.2 Å². The van der Waals surface area contributed by atoms with Gasteiger partial charge < -0.3 is 10.2 Å². The van der Waals surface area contributed by atoms with Crippen molar-refractivity contribution < 1.29 is 10.2 Å². The molecule has 2 heteroatoms. The highest BCUT2D eigenvalue weighted by Crippen LogP contribution is 2.63. The molecule has 2 N–H and O–H groups in total. The topological polar surface area (TPSA) is 40.5 Å². The van der Waals surface area contributed by atoms with Crippen LogP contribution in [0.15, 0.2) is 11.6 Å². The quantitative estimate of drug-likeness (QED) is 0.723. The number of fused-ring (bicyclic) bond motifs is 5. The molecule has 4 aliphatic rings. The summed E-state index contributed by atoms with van der Waals surface area (Å²) in [6.07, 6.45) is 12.6. The minimum atomic E-state index is -0.181. The van der Waals surface area contributed by atoms with Crippen LogP contribution in [0.2, 0.25) is 0 Å². The Morgan fingerprint density at radius 2 is 1.90 bits per heavy atom. The van der Waals surface area contributed by atoms with Crippen molar-refractivity contribution >= 4 is 0 Å². The smallest absolute Gasteiger partial charge is 0.0723 e. The summed E-state index contributed by atoms with van der Waals surface area (Å²) < 4.78 is 0. The second-order valence-corrected chi connectivity index (χ2v) is 8.18. The highest BCUT2D eigenvalue weighted by molar-refractivity contribution is 5.20. The van der Waals surface area contributed by atoms with E-state index in [-0.39, 0.29) is 17.6 Å². The predicted octanol–water partition coefficient (Wildman–Crippen LogP) is 3.67. The van der Waals surface area contributed by atoms with Gasteiger partial charge in [0, 0.05) is 0 Å². The summed E-state index contributed by atoms with van der Waals surface area (Å²) in [5.41, 5.74) is 1.81. The lowest BCUT2D eigenvalue weighted by atomic mass is 9.51. The Bertz CT molecular complexity index is 443. The maximum Gasteiger partial charge on any atom is 0.0723 e. The Morgan fingerprint density at radius 3 is 2.71 bits per heavy atom. The fourth-order valence-corrected chi connectivity index (χ4v) is 6.77. The molecule has 0 bridgehead atoms. The fourth-order valence-electron chi connectivity index (χ4n) is 6.77. The summed E-state index contributed by atoms with van der Waals surface area (Å²) in [5, 5.41) is 20.5. The number of aliphatic hydroxyl groups excluding tert-OH is 2. The van der Waals surface area contributed by atoms with E-state index in [1.165, 1.54) is 38.5 Å². The van der Waals surface area contributed by atoms with Crippen LogP contribution in [0.1, 0.15) is 64.7 Å². The van der Waals surface area contributed by atoms with Crippen molar-refractivity contribution in [2.24, 2.45) is 29.1 Å². The first-order valence-electron chi connectivity index (χ1n) is 9.22. The summed E-state index contributed by atoms with van der Waals surface area (Å²) in [4.78, 5) is 0. The Labute approximate surface area is 128 Å². The molecule has 3 fully saturated rings. The fraction of sp³-hybridized carbons (Fsp3) is 0.895. The summed E-state index contributed by atoms with van der Waals surface area (Å²) in [6, 6.07) is 0. The minimum Gasteiger partial charge on any atom is -0.393 e. The molecule has 0 aliphatic heterocycles. The van der Waals surface area contributed by atoms with Crippen LogP contribution in [0, 0.1) is 29.1 Å². The molecule has 0 aromatic carbocycles. The normalized spacial score (nSPS) is 52.6. The highest BCUT2D eigenvalue weighted by Gasteiger charge is 2.57. The minimum absolute atomic E-state index is 0.0430. The SMILES string of the molecule is CC[C@]12CC[C@H]3[C@@H](CCC4=CC(O)CC[C@@H]43)[C@@H]1CC[C@@H]2O. The lowest BCUT2D eigenvalue weighted by molar-refractivity contribution is -0.0685. The van der Waals surface area contributed by atoms with Crippen molar-refractivity contribution in [3.63, 3.8) is 0 Å². The number of hydrogen-bond donors (Lipinski definition) is 2. The van der Waals surface area contributed by atoms with Gasteiger partial charge in [0.2, 0.25) is 0 Å². The van der Waals surface area contributed by atoms with Crippen LogP contribution in [0.5, 0.6) is 0 Å². The number of hydrogen-bond acceptors (Lipinski definition) is 2. The van der Waals surface area contributed by atoms with Crippen molar-refractivity contribution in [1.82, 2.24) is 0 Å². The molecule has 21 heavy (non-hydrogen) atoms. The molecule has 1 unspecified atom stereocenters. The predicted molar refractivity (Wildman–Crippen MR) is 83.7 cm³/mol. The Hall–Kier alpha value is -0.340. The van der Waals surface area contributed by atoms with E-state index in [4.69, 9.17) is 0 Å². The second-order valence-electron chi connectivity index (χ2n) is 8.18. The van der Waals surface area contributed by atoms with Crippen LogP contribution in [-0.4, -0.2) is 22.4 Å². The number of aliphatic hydroxyl groups is 2. The summed E-state index contributed by atoms with van der Waals surface area (Å²) in [7, 11) is 0. The van der Waals surface area contributed by atoms with Crippen LogP contribution >= 0.6 is 0 Å². The molecule has 0 heterocycles. The van der Waals surface area contributed by atoms with Gasteiger partial charge in [-0.3, -0.25) is 0 Å². The third-order valence-electron chi connectivity index (χ3n) is 7.76. The molecule has 0 aromatic heterocycles. The first kappa shape index (κ1) is 14.3. The van der Waals surface area contributed by atoms with E-state index < -0.39 is 0 Å². The molecule has 3 saturated carbocycles. The standard InChI is InChI=1S/C19H30O2/c1-2-19-10-9-15-14-6-4-13(20)11-12(14)3-5-16(15)17(19)7-8-18(19)21/h11,13-18,20-21H,2-10H2,1H3/t13?,14-,15+,16+,17-,18-,19-/m0/s1. The van der Waals surface area contributed by atoms with Gasteiger partial charge in [0.15, 0.2) is 0 Å². The zero-order valence-electron chi connectivity index (χ0n) is 13.3. The van der Waals surface area contributed by atoms with Crippen LogP contribution in [-0.2, 0) is 0 Å². The Balaban J connectivity index is 1.62. The third-order valence-corrected chi connectivity index (χ3v) is 7.76. The lowest BCUT2D eigenvalue weighted by Gasteiger charge is -2.54. The maximum absolute atomic E-state index is 10.6. The van der Waals surface area contributed by atoms with Crippen LogP contribution in [0.3, 0.4) is 0 Å². The van der Waals surface area contributed by atoms with Crippen molar-refractivity contribution in [3.05, 3.63) is 11.6 Å². The molecular weight excluding hydrogens is 260 g/mol. The largest absolute Gasteiger partial charge is 0.393 e. The Morgan fingerprint density at radius 1 is 1.05 bits per heavy atom. The summed E-state index contributed by atoms with van der Waals surface area (Å²) in [5.74, 6) is 3.20. The molecule has 0 saturated heterocycles. The average molecular weight is 290 g/mol. The van der Waals surface area contributed by atoms with Crippen molar-refractivity contribution in [2.75, 3.05) is 0 Å². The van der Waals surface area contributed by atoms with Gasteiger partial charge in [0.1, 0.15) is 0 Å². The van der Waals surface area contributed by atoms with Crippen LogP contribution in [0.25, 0.3) is 0 Å². The molecule has 0 aromatic rings. The molecule has 4 rings (SSSR count). The van der Waals surface area contributed by atoms with Gasteiger partial charge in [-0.15, -0.1) is 0 Å². The Kier molecular flexibility index (Phi) is 3.46. The van der Waals surface area contributed by atoms with Gasteiger partial charge in [-0.25, -0.2) is 0 Å².